The van der Waals surface area contributed by atoms with Crippen LogP contribution in [-0.2, 0) is 6.42 Å². The molecule has 4 nitrogen and oxygen atoms in total. The van der Waals surface area contributed by atoms with Crippen LogP contribution in [0.15, 0.2) is 72.8 Å². The summed E-state index contributed by atoms with van der Waals surface area (Å²) in [6, 6.07) is 24.0. The molecular weight excluding hydrogens is 336 g/mol. The van der Waals surface area contributed by atoms with Gasteiger partial charge in [-0.15, -0.1) is 0 Å². The number of ether oxygens (including phenoxy) is 1. The topological polar surface area (TPSA) is 67.5 Å². The van der Waals surface area contributed by atoms with E-state index in [1.165, 1.54) is 11.1 Å². The van der Waals surface area contributed by atoms with Crippen molar-refractivity contribution in [2.24, 2.45) is 0 Å². The first-order valence-corrected chi connectivity index (χ1v) is 9.14. The van der Waals surface area contributed by atoms with Crippen LogP contribution in [0.1, 0.15) is 16.7 Å². The lowest BCUT2D eigenvalue weighted by Gasteiger charge is -2.15. The molecule has 3 aromatic rings. The van der Waals surface area contributed by atoms with E-state index in [1.54, 1.807) is 0 Å². The lowest BCUT2D eigenvalue weighted by molar-refractivity contribution is 0.117. The summed E-state index contributed by atoms with van der Waals surface area (Å²) >= 11 is 0. The fourth-order valence-corrected chi connectivity index (χ4v) is 2.81. The van der Waals surface area contributed by atoms with Gasteiger partial charge in [-0.05, 0) is 60.4 Å². The lowest BCUT2D eigenvalue weighted by atomic mass is 10.0. The van der Waals surface area contributed by atoms with E-state index in [1.807, 2.05) is 67.6 Å². The van der Waals surface area contributed by atoms with E-state index in [2.05, 4.69) is 17.4 Å². The maximum Gasteiger partial charge on any atom is 0.122 e. The molecule has 0 saturated carbocycles. The first kappa shape index (κ1) is 18.8. The number of aryl methyl sites for hydroxylation is 1. The van der Waals surface area contributed by atoms with Crippen LogP contribution >= 0.6 is 0 Å². The maximum atomic E-state index is 10.1. The molecule has 0 fully saturated rings. The van der Waals surface area contributed by atoms with Gasteiger partial charge in [0.1, 0.15) is 18.5 Å². The van der Waals surface area contributed by atoms with Crippen molar-refractivity contribution in [2.75, 3.05) is 24.2 Å². The fraction of sp³-hybridized carbons (Fsp3) is 0.217. The molecule has 4 N–H and O–H groups in total. The number of hydrogen-bond donors (Lipinski definition) is 3. The summed E-state index contributed by atoms with van der Waals surface area (Å²) in [6.45, 7) is 2.68. The van der Waals surface area contributed by atoms with Gasteiger partial charge in [-0.3, -0.25) is 0 Å². The molecule has 4 heteroatoms. The van der Waals surface area contributed by atoms with Crippen molar-refractivity contribution in [3.8, 4) is 5.75 Å². The minimum Gasteiger partial charge on any atom is -0.491 e. The standard InChI is InChI=1S/C23H26N2O2/c1-17-4-2-3-5-23(17)27-16-22(26)15-25-21-12-8-19(9-13-21)14-18-6-10-20(24)11-7-18/h2-13,22,25-26H,14-16,24H2,1H3. The van der Waals surface area contributed by atoms with Crippen molar-refractivity contribution in [3.05, 3.63) is 89.5 Å². The number of nitrogen functional groups attached to an aromatic ring is 1. The van der Waals surface area contributed by atoms with Crippen molar-refractivity contribution >= 4 is 11.4 Å². The smallest absolute Gasteiger partial charge is 0.122 e. The maximum absolute atomic E-state index is 10.1. The Kier molecular flexibility index (Phi) is 6.34. The van der Waals surface area contributed by atoms with Crippen LogP contribution in [0.5, 0.6) is 5.75 Å². The molecular formula is C23H26N2O2. The highest BCUT2D eigenvalue weighted by molar-refractivity contribution is 5.46. The molecule has 0 spiro atoms. The van der Waals surface area contributed by atoms with Gasteiger partial charge in [-0.2, -0.15) is 0 Å². The Hall–Kier alpha value is -2.98. The first-order valence-electron chi connectivity index (χ1n) is 9.14. The molecule has 1 unspecified atom stereocenters. The van der Waals surface area contributed by atoms with Crippen molar-refractivity contribution in [1.29, 1.82) is 0 Å². The predicted molar refractivity (Wildman–Crippen MR) is 111 cm³/mol. The Morgan fingerprint density at radius 3 is 2.22 bits per heavy atom. The Bertz CT molecular complexity index is 845. The Labute approximate surface area is 160 Å². The van der Waals surface area contributed by atoms with Gasteiger partial charge in [0, 0.05) is 17.9 Å². The van der Waals surface area contributed by atoms with Gasteiger partial charge >= 0.3 is 0 Å². The van der Waals surface area contributed by atoms with Crippen LogP contribution in [0.25, 0.3) is 0 Å². The van der Waals surface area contributed by atoms with Crippen molar-refractivity contribution in [3.63, 3.8) is 0 Å². The molecule has 27 heavy (non-hydrogen) atoms. The molecule has 0 amide bonds. The molecule has 0 radical (unpaired) electrons. The van der Waals surface area contributed by atoms with E-state index in [0.29, 0.717) is 6.54 Å². The van der Waals surface area contributed by atoms with Crippen LogP contribution in [0, 0.1) is 6.92 Å². The van der Waals surface area contributed by atoms with Crippen LogP contribution in [-0.4, -0.2) is 24.4 Å². The zero-order valence-corrected chi connectivity index (χ0v) is 15.6. The highest BCUT2D eigenvalue weighted by Gasteiger charge is 2.07. The van der Waals surface area contributed by atoms with Crippen molar-refractivity contribution < 1.29 is 9.84 Å². The number of aliphatic hydroxyl groups excluding tert-OH is 1. The first-order chi connectivity index (χ1) is 13.1. The van der Waals surface area contributed by atoms with Crippen LogP contribution in [0.3, 0.4) is 0 Å². The second-order valence-corrected chi connectivity index (χ2v) is 6.73. The Morgan fingerprint density at radius 1 is 0.926 bits per heavy atom. The lowest BCUT2D eigenvalue weighted by Crippen LogP contribution is -2.26. The largest absolute Gasteiger partial charge is 0.491 e. The summed E-state index contributed by atoms with van der Waals surface area (Å²) in [5.41, 5.74) is 11.0. The van der Waals surface area contributed by atoms with E-state index in [9.17, 15) is 5.11 Å². The van der Waals surface area contributed by atoms with Crippen molar-refractivity contribution in [1.82, 2.24) is 0 Å². The highest BCUT2D eigenvalue weighted by atomic mass is 16.5. The highest BCUT2D eigenvalue weighted by Crippen LogP contribution is 2.17. The second kappa shape index (κ2) is 9.10. The molecule has 0 heterocycles. The van der Waals surface area contributed by atoms with Gasteiger partial charge in [-0.1, -0.05) is 42.5 Å². The van der Waals surface area contributed by atoms with Crippen LogP contribution in [0.4, 0.5) is 11.4 Å². The number of para-hydroxylation sites is 1. The quantitative estimate of drug-likeness (QED) is 0.530. The van der Waals surface area contributed by atoms with E-state index < -0.39 is 6.10 Å². The van der Waals surface area contributed by atoms with Gasteiger partial charge in [0.15, 0.2) is 0 Å². The third-order valence-corrected chi connectivity index (χ3v) is 4.41. The minimum atomic E-state index is -0.584. The monoisotopic (exact) mass is 362 g/mol. The summed E-state index contributed by atoms with van der Waals surface area (Å²) in [5.74, 6) is 0.809. The van der Waals surface area contributed by atoms with Gasteiger partial charge in [0.25, 0.3) is 0 Å². The van der Waals surface area contributed by atoms with Gasteiger partial charge in [-0.25, -0.2) is 0 Å². The summed E-state index contributed by atoms with van der Waals surface area (Å²) in [5, 5.41) is 13.4. The summed E-state index contributed by atoms with van der Waals surface area (Å²) in [7, 11) is 0. The number of nitrogens with two attached hydrogens (primary N) is 1. The third-order valence-electron chi connectivity index (χ3n) is 4.41. The average molecular weight is 362 g/mol. The van der Waals surface area contributed by atoms with E-state index in [4.69, 9.17) is 10.5 Å². The zero-order valence-electron chi connectivity index (χ0n) is 15.6. The molecule has 0 aliphatic rings. The molecule has 140 valence electrons. The number of hydrogen-bond acceptors (Lipinski definition) is 4. The van der Waals surface area contributed by atoms with E-state index >= 15 is 0 Å². The second-order valence-electron chi connectivity index (χ2n) is 6.73. The molecule has 0 bridgehead atoms. The Morgan fingerprint density at radius 2 is 1.56 bits per heavy atom. The average Bonchev–Trinajstić information content (AvgIpc) is 2.68. The number of aliphatic hydroxyl groups is 1. The van der Waals surface area contributed by atoms with Crippen LogP contribution in [0.2, 0.25) is 0 Å². The summed E-state index contributed by atoms with van der Waals surface area (Å²) in [6.07, 6.45) is 0.284. The molecule has 3 rings (SSSR count). The number of benzene rings is 3. The normalized spacial score (nSPS) is 11.8. The number of rotatable bonds is 8. The minimum absolute atomic E-state index is 0.257. The van der Waals surface area contributed by atoms with E-state index in [0.717, 1.165) is 29.1 Å². The van der Waals surface area contributed by atoms with Crippen molar-refractivity contribution in [2.45, 2.75) is 19.4 Å². The SMILES string of the molecule is Cc1ccccc1OCC(O)CNc1ccc(Cc2ccc(N)cc2)cc1. The molecule has 0 aliphatic carbocycles. The number of anilines is 2. The van der Waals surface area contributed by atoms with Crippen LogP contribution < -0.4 is 15.8 Å². The molecule has 1 atom stereocenters. The fourth-order valence-electron chi connectivity index (χ4n) is 2.81. The molecule has 0 aliphatic heterocycles. The molecule has 3 aromatic carbocycles. The summed E-state index contributed by atoms with van der Waals surface area (Å²) in [4.78, 5) is 0. The number of nitrogens with one attached hydrogen (secondary N) is 1. The zero-order chi connectivity index (χ0) is 19.1. The predicted octanol–water partition coefficient (Wildman–Crippen LogP) is 4.02. The van der Waals surface area contributed by atoms with Gasteiger partial charge in [0.2, 0.25) is 0 Å². The molecule has 0 aromatic heterocycles. The van der Waals surface area contributed by atoms with E-state index in [-0.39, 0.29) is 6.61 Å². The van der Waals surface area contributed by atoms with Gasteiger partial charge in [0.05, 0.1) is 0 Å². The Balaban J connectivity index is 1.45. The molecule has 0 saturated heterocycles. The van der Waals surface area contributed by atoms with Gasteiger partial charge < -0.3 is 20.9 Å². The summed E-state index contributed by atoms with van der Waals surface area (Å²) < 4.78 is 5.68. The third kappa shape index (κ3) is 5.76.